The molecule has 0 saturated carbocycles. The van der Waals surface area contributed by atoms with Crippen LogP contribution in [0.15, 0.2) is 70.6 Å². The van der Waals surface area contributed by atoms with Gasteiger partial charge in [-0.3, -0.25) is 9.78 Å². The number of ether oxygens (including phenoxy) is 1. The van der Waals surface area contributed by atoms with Crippen molar-refractivity contribution in [2.75, 3.05) is 19.0 Å². The molecule has 31 heavy (non-hydrogen) atoms. The zero-order valence-corrected chi connectivity index (χ0v) is 18.6. The first-order chi connectivity index (χ1) is 14.8. The van der Waals surface area contributed by atoms with E-state index in [2.05, 4.69) is 15.6 Å². The monoisotopic (exact) mass is 459 g/mol. The first-order valence-corrected chi connectivity index (χ1v) is 11.3. The number of benzene rings is 2. The van der Waals surface area contributed by atoms with Crippen molar-refractivity contribution in [2.24, 2.45) is 0 Å². The molecule has 0 saturated heterocycles. The Morgan fingerprint density at radius 1 is 1.10 bits per heavy atom. The van der Waals surface area contributed by atoms with Gasteiger partial charge >= 0.3 is 0 Å². The van der Waals surface area contributed by atoms with E-state index in [0.717, 1.165) is 5.56 Å². The molecule has 7 nitrogen and oxygen atoms in total. The van der Waals surface area contributed by atoms with Crippen molar-refractivity contribution in [3.05, 3.63) is 77.1 Å². The normalized spacial score (nSPS) is 11.1. The number of anilines is 1. The van der Waals surface area contributed by atoms with Crippen LogP contribution in [-0.2, 0) is 21.2 Å². The number of amides is 1. The molecule has 3 aromatic rings. The van der Waals surface area contributed by atoms with Crippen molar-refractivity contribution < 1.29 is 17.9 Å². The summed E-state index contributed by atoms with van der Waals surface area (Å²) >= 11 is 6.38. The van der Waals surface area contributed by atoms with Crippen LogP contribution in [0.1, 0.15) is 11.3 Å². The minimum absolute atomic E-state index is 0.0537. The van der Waals surface area contributed by atoms with Gasteiger partial charge in [0.1, 0.15) is 15.7 Å². The van der Waals surface area contributed by atoms with E-state index in [9.17, 15) is 13.2 Å². The maximum Gasteiger partial charge on any atom is 0.239 e. The van der Waals surface area contributed by atoms with E-state index in [-0.39, 0.29) is 45.2 Å². The minimum atomic E-state index is -3.97. The van der Waals surface area contributed by atoms with Crippen LogP contribution < -0.4 is 15.4 Å². The molecule has 0 spiro atoms. The second-order valence-corrected chi connectivity index (χ2v) is 8.99. The molecule has 1 amide bonds. The molecule has 0 aliphatic rings. The van der Waals surface area contributed by atoms with Gasteiger partial charge in [0.05, 0.1) is 36.5 Å². The van der Waals surface area contributed by atoms with Gasteiger partial charge in [0.25, 0.3) is 0 Å². The number of carbonyl (C=O) groups is 1. The fourth-order valence-corrected chi connectivity index (χ4v) is 4.91. The van der Waals surface area contributed by atoms with Crippen LogP contribution in [0, 0.1) is 6.92 Å². The number of hydrogen-bond acceptors (Lipinski definition) is 6. The smallest absolute Gasteiger partial charge is 0.239 e. The number of nitrogens with one attached hydrogen (secondary N) is 2. The number of aromatic nitrogens is 1. The highest BCUT2D eigenvalue weighted by Gasteiger charge is 2.27. The molecule has 9 heteroatoms. The second kappa shape index (κ2) is 9.80. The van der Waals surface area contributed by atoms with E-state index in [1.54, 1.807) is 36.5 Å². The summed E-state index contributed by atoms with van der Waals surface area (Å²) in [4.78, 5) is 16.3. The number of carbonyl (C=O) groups excluding carboxylic acids is 1. The lowest BCUT2D eigenvalue weighted by Crippen LogP contribution is -2.30. The fraction of sp³-hybridized carbons (Fsp3) is 0.182. The van der Waals surface area contributed by atoms with E-state index < -0.39 is 9.84 Å². The Morgan fingerprint density at radius 3 is 2.48 bits per heavy atom. The lowest BCUT2D eigenvalue weighted by molar-refractivity contribution is -0.119. The van der Waals surface area contributed by atoms with Gasteiger partial charge in [-0.25, -0.2) is 8.42 Å². The number of halogens is 1. The predicted octanol–water partition coefficient (Wildman–Crippen LogP) is 3.61. The van der Waals surface area contributed by atoms with E-state index in [4.69, 9.17) is 16.3 Å². The van der Waals surface area contributed by atoms with Gasteiger partial charge in [0, 0.05) is 6.20 Å². The Hall–Kier alpha value is -3.10. The Kier molecular flexibility index (Phi) is 7.14. The number of nitrogens with zero attached hydrogens (tertiary/aromatic N) is 1. The van der Waals surface area contributed by atoms with Gasteiger partial charge in [-0.1, -0.05) is 35.4 Å². The molecule has 0 fully saturated rings. The van der Waals surface area contributed by atoms with Gasteiger partial charge in [-0.15, -0.1) is 0 Å². The quantitative estimate of drug-likeness (QED) is 0.534. The molecule has 162 valence electrons. The molecule has 0 radical (unpaired) electrons. The fourth-order valence-electron chi connectivity index (χ4n) is 2.86. The molecule has 1 heterocycles. The molecule has 3 rings (SSSR count). The number of hydrogen-bond donors (Lipinski definition) is 2. The maximum absolute atomic E-state index is 13.3. The topological polar surface area (TPSA) is 97.4 Å². The highest BCUT2D eigenvalue weighted by molar-refractivity contribution is 7.91. The molecular formula is C22H22ClN3O4S. The van der Waals surface area contributed by atoms with Gasteiger partial charge < -0.3 is 15.4 Å². The third-order valence-corrected chi connectivity index (χ3v) is 6.86. The summed E-state index contributed by atoms with van der Waals surface area (Å²) in [5.41, 5.74) is 1.85. The molecule has 0 atom stereocenters. The van der Waals surface area contributed by atoms with Crippen LogP contribution in [0.4, 0.5) is 5.69 Å². The van der Waals surface area contributed by atoms with Crippen molar-refractivity contribution in [1.82, 2.24) is 10.3 Å². The third-order valence-electron chi connectivity index (χ3n) is 4.51. The van der Waals surface area contributed by atoms with Crippen LogP contribution in [0.3, 0.4) is 0 Å². The molecule has 0 unspecified atom stereocenters. The number of pyridine rings is 1. The summed E-state index contributed by atoms with van der Waals surface area (Å²) in [6.45, 7) is 1.98. The average Bonchev–Trinajstić information content (AvgIpc) is 2.77. The Labute approximate surface area is 186 Å². The van der Waals surface area contributed by atoms with Gasteiger partial charge in [0.15, 0.2) is 0 Å². The number of aryl methyl sites for hydroxylation is 1. The summed E-state index contributed by atoms with van der Waals surface area (Å²) in [6.07, 6.45) is 1.64. The van der Waals surface area contributed by atoms with Gasteiger partial charge in [-0.05, 0) is 43.3 Å². The molecule has 2 aromatic carbocycles. The Morgan fingerprint density at radius 2 is 1.84 bits per heavy atom. The second-order valence-electron chi connectivity index (χ2n) is 6.73. The van der Waals surface area contributed by atoms with E-state index >= 15 is 0 Å². The number of rotatable bonds is 8. The highest BCUT2D eigenvalue weighted by atomic mass is 35.5. The predicted molar refractivity (Wildman–Crippen MR) is 119 cm³/mol. The summed E-state index contributed by atoms with van der Waals surface area (Å²) < 4.78 is 31.8. The molecule has 0 aliphatic carbocycles. The molecule has 0 aliphatic heterocycles. The average molecular weight is 460 g/mol. The maximum atomic E-state index is 13.3. The lowest BCUT2D eigenvalue weighted by Gasteiger charge is -2.16. The van der Waals surface area contributed by atoms with Crippen molar-refractivity contribution >= 4 is 33.0 Å². The first-order valence-electron chi connectivity index (χ1n) is 9.41. The highest BCUT2D eigenvalue weighted by Crippen LogP contribution is 2.39. The first kappa shape index (κ1) is 22.6. The van der Waals surface area contributed by atoms with Crippen molar-refractivity contribution in [3.8, 4) is 5.75 Å². The molecule has 1 aromatic heterocycles. The molecule has 0 bridgehead atoms. The number of methoxy groups -OCH3 is 1. The SMILES string of the molecule is COc1ccc(NCC(=O)NCc2ccccn2)c(S(=O)(=O)c2ccc(C)cc2)c1Cl. The zero-order chi connectivity index (χ0) is 22.4. The van der Waals surface area contributed by atoms with Crippen LogP contribution in [0.25, 0.3) is 0 Å². The third kappa shape index (κ3) is 5.34. The van der Waals surface area contributed by atoms with Gasteiger partial charge in [0.2, 0.25) is 15.7 Å². The van der Waals surface area contributed by atoms with Crippen molar-refractivity contribution in [2.45, 2.75) is 23.3 Å². The van der Waals surface area contributed by atoms with Crippen molar-refractivity contribution in [3.63, 3.8) is 0 Å². The van der Waals surface area contributed by atoms with E-state index in [1.807, 2.05) is 13.0 Å². The minimum Gasteiger partial charge on any atom is -0.495 e. The largest absolute Gasteiger partial charge is 0.495 e. The zero-order valence-electron chi connectivity index (χ0n) is 17.1. The summed E-state index contributed by atoms with van der Waals surface area (Å²) in [5, 5.41) is 5.55. The van der Waals surface area contributed by atoms with Crippen LogP contribution in [0.5, 0.6) is 5.75 Å². The summed E-state index contributed by atoms with van der Waals surface area (Å²) in [5.74, 6) is -0.103. The van der Waals surface area contributed by atoms with Crippen LogP contribution >= 0.6 is 11.6 Å². The summed E-state index contributed by atoms with van der Waals surface area (Å²) in [6, 6.07) is 14.9. The number of sulfone groups is 1. The van der Waals surface area contributed by atoms with Crippen LogP contribution in [-0.4, -0.2) is 33.0 Å². The summed E-state index contributed by atoms with van der Waals surface area (Å²) in [7, 11) is -2.56. The van der Waals surface area contributed by atoms with Crippen molar-refractivity contribution in [1.29, 1.82) is 0 Å². The lowest BCUT2D eigenvalue weighted by atomic mass is 10.2. The van der Waals surface area contributed by atoms with E-state index in [1.165, 1.54) is 25.3 Å². The standard InChI is InChI=1S/C22H22ClN3O4S/c1-15-6-8-17(9-7-15)31(28,29)22-18(10-11-19(30-2)21(22)23)25-14-20(27)26-13-16-5-3-4-12-24-16/h3-12,25H,13-14H2,1-2H3,(H,26,27). The van der Waals surface area contributed by atoms with E-state index in [0.29, 0.717) is 5.69 Å². The Bertz CT molecular complexity index is 1170. The van der Waals surface area contributed by atoms with Gasteiger partial charge in [-0.2, -0.15) is 0 Å². The molecule has 2 N–H and O–H groups in total. The Balaban J connectivity index is 1.84. The molecular weight excluding hydrogens is 438 g/mol. The van der Waals surface area contributed by atoms with Crippen LogP contribution in [0.2, 0.25) is 5.02 Å².